The molecule has 0 aliphatic carbocycles. The van der Waals surface area contributed by atoms with E-state index in [0.717, 1.165) is 30.9 Å². The number of hydrogen-bond donors (Lipinski definition) is 1. The highest BCUT2D eigenvalue weighted by molar-refractivity contribution is 7.14. The second kappa shape index (κ2) is 7.90. The number of carbonyl (C=O) groups excluding carboxylic acids is 1. The molecular weight excluding hydrogens is 330 g/mol. The average molecular weight is 350 g/mol. The molecule has 122 valence electrons. The third-order valence-electron chi connectivity index (χ3n) is 3.99. The van der Waals surface area contributed by atoms with Crippen molar-refractivity contribution >= 4 is 34.0 Å². The molecule has 4 nitrogen and oxygen atoms in total. The molecule has 1 aromatic heterocycles. The van der Waals surface area contributed by atoms with Crippen LogP contribution >= 0.6 is 22.9 Å². The van der Waals surface area contributed by atoms with Gasteiger partial charge in [0.25, 0.3) is 0 Å². The highest BCUT2D eigenvalue weighted by Gasteiger charge is 2.13. The number of nitrogens with zero attached hydrogens (tertiary/aromatic N) is 2. The van der Waals surface area contributed by atoms with Crippen LogP contribution in [0, 0.1) is 0 Å². The van der Waals surface area contributed by atoms with Crippen LogP contribution in [0.25, 0.3) is 11.3 Å². The van der Waals surface area contributed by atoms with E-state index in [0.29, 0.717) is 16.6 Å². The topological polar surface area (TPSA) is 45.2 Å². The summed E-state index contributed by atoms with van der Waals surface area (Å²) >= 11 is 7.34. The number of likely N-dealkylation sites (tertiary alicyclic amines) is 1. The molecular formula is C17H20ClN3OS. The summed E-state index contributed by atoms with van der Waals surface area (Å²) < 4.78 is 0. The summed E-state index contributed by atoms with van der Waals surface area (Å²) in [4.78, 5) is 18.9. The molecule has 1 amide bonds. The Morgan fingerprint density at radius 2 is 1.96 bits per heavy atom. The van der Waals surface area contributed by atoms with Crippen LogP contribution < -0.4 is 5.32 Å². The van der Waals surface area contributed by atoms with Gasteiger partial charge in [0.05, 0.1) is 5.69 Å². The van der Waals surface area contributed by atoms with Gasteiger partial charge in [0.2, 0.25) is 5.91 Å². The fraction of sp³-hybridized carbons (Fsp3) is 0.412. The van der Waals surface area contributed by atoms with Crippen molar-refractivity contribution in [1.82, 2.24) is 9.88 Å². The number of nitrogens with one attached hydrogen (secondary N) is 1. The van der Waals surface area contributed by atoms with Crippen molar-refractivity contribution in [3.05, 3.63) is 34.7 Å². The van der Waals surface area contributed by atoms with Crippen molar-refractivity contribution in [2.45, 2.75) is 25.7 Å². The monoisotopic (exact) mass is 349 g/mol. The molecule has 23 heavy (non-hydrogen) atoms. The van der Waals surface area contributed by atoms with Gasteiger partial charge in [-0.25, -0.2) is 4.98 Å². The second-order valence-electron chi connectivity index (χ2n) is 5.75. The molecule has 3 rings (SSSR count). The van der Waals surface area contributed by atoms with E-state index in [1.807, 2.05) is 29.6 Å². The van der Waals surface area contributed by atoms with Gasteiger partial charge in [-0.1, -0.05) is 30.2 Å². The molecule has 1 fully saturated rings. The summed E-state index contributed by atoms with van der Waals surface area (Å²) in [6.07, 6.45) is 4.34. The minimum atomic E-state index is 0.0348. The maximum atomic E-state index is 12.1. The maximum Gasteiger partial charge on any atom is 0.227 e. The summed E-state index contributed by atoms with van der Waals surface area (Å²) in [6.45, 7) is 3.07. The van der Waals surface area contributed by atoms with Gasteiger partial charge < -0.3 is 10.2 Å². The van der Waals surface area contributed by atoms with E-state index in [1.54, 1.807) is 0 Å². The van der Waals surface area contributed by atoms with Gasteiger partial charge in [0.1, 0.15) is 0 Å². The zero-order valence-corrected chi connectivity index (χ0v) is 14.5. The fourth-order valence-corrected chi connectivity index (χ4v) is 3.57. The van der Waals surface area contributed by atoms with E-state index in [2.05, 4.69) is 15.2 Å². The minimum Gasteiger partial charge on any atom is -0.303 e. The molecule has 2 aromatic rings. The number of hydrogen-bond acceptors (Lipinski definition) is 4. The lowest BCUT2D eigenvalue weighted by atomic mass is 10.1. The predicted molar refractivity (Wildman–Crippen MR) is 96.1 cm³/mol. The predicted octanol–water partition coefficient (Wildman–Crippen LogP) is 4.28. The van der Waals surface area contributed by atoms with Crippen LogP contribution in [0.1, 0.15) is 25.7 Å². The van der Waals surface area contributed by atoms with E-state index in [-0.39, 0.29) is 5.91 Å². The molecule has 0 spiro atoms. The highest BCUT2D eigenvalue weighted by atomic mass is 35.5. The van der Waals surface area contributed by atoms with Gasteiger partial charge in [-0.05, 0) is 38.1 Å². The summed E-state index contributed by atoms with van der Waals surface area (Å²) in [6, 6.07) is 7.54. The van der Waals surface area contributed by atoms with Gasteiger partial charge in [-0.2, -0.15) is 0 Å². The van der Waals surface area contributed by atoms with Gasteiger partial charge >= 0.3 is 0 Å². The Balaban J connectivity index is 1.51. The zero-order chi connectivity index (χ0) is 16.1. The van der Waals surface area contributed by atoms with Crippen molar-refractivity contribution in [3.8, 4) is 11.3 Å². The Morgan fingerprint density at radius 1 is 1.22 bits per heavy atom. The highest BCUT2D eigenvalue weighted by Crippen LogP contribution is 2.26. The van der Waals surface area contributed by atoms with E-state index in [1.165, 1.54) is 30.6 Å². The molecule has 0 radical (unpaired) electrons. The number of thiazole rings is 1. The molecule has 0 bridgehead atoms. The molecule has 1 aromatic carbocycles. The van der Waals surface area contributed by atoms with Crippen LogP contribution in [0.3, 0.4) is 0 Å². The summed E-state index contributed by atoms with van der Waals surface area (Å²) in [5.74, 6) is 0.0348. The van der Waals surface area contributed by atoms with Crippen LogP contribution in [-0.2, 0) is 4.79 Å². The average Bonchev–Trinajstić information content (AvgIpc) is 3.03. The van der Waals surface area contributed by atoms with Crippen LogP contribution in [0.5, 0.6) is 0 Å². The van der Waals surface area contributed by atoms with Crippen molar-refractivity contribution in [2.75, 3.05) is 25.0 Å². The largest absolute Gasteiger partial charge is 0.303 e. The van der Waals surface area contributed by atoms with Crippen molar-refractivity contribution in [2.24, 2.45) is 0 Å². The Morgan fingerprint density at radius 3 is 2.70 bits per heavy atom. The quantitative estimate of drug-likeness (QED) is 0.876. The SMILES string of the molecule is O=C(CCN1CCCCC1)Nc1nc(-c2ccc(Cl)cc2)cs1. The molecule has 0 atom stereocenters. The molecule has 0 saturated carbocycles. The minimum absolute atomic E-state index is 0.0348. The third kappa shape index (κ3) is 4.77. The molecule has 1 N–H and O–H groups in total. The second-order valence-corrected chi connectivity index (χ2v) is 7.04. The zero-order valence-electron chi connectivity index (χ0n) is 12.9. The lowest BCUT2D eigenvalue weighted by Crippen LogP contribution is -2.32. The number of carbonyl (C=O) groups is 1. The van der Waals surface area contributed by atoms with Crippen LogP contribution in [0.4, 0.5) is 5.13 Å². The van der Waals surface area contributed by atoms with Gasteiger partial charge in [-0.15, -0.1) is 11.3 Å². The number of amides is 1. The third-order valence-corrected chi connectivity index (χ3v) is 5.00. The van der Waals surface area contributed by atoms with Crippen molar-refractivity contribution in [1.29, 1.82) is 0 Å². The van der Waals surface area contributed by atoms with Crippen molar-refractivity contribution < 1.29 is 4.79 Å². The van der Waals surface area contributed by atoms with Gasteiger partial charge in [-0.3, -0.25) is 4.79 Å². The molecule has 0 unspecified atom stereocenters. The van der Waals surface area contributed by atoms with Crippen LogP contribution in [-0.4, -0.2) is 35.4 Å². The lowest BCUT2D eigenvalue weighted by molar-refractivity contribution is -0.116. The lowest BCUT2D eigenvalue weighted by Gasteiger charge is -2.25. The first-order valence-electron chi connectivity index (χ1n) is 7.94. The Bertz CT molecular complexity index is 650. The number of anilines is 1. The molecule has 2 heterocycles. The number of halogens is 1. The number of aromatic nitrogens is 1. The number of rotatable bonds is 5. The number of benzene rings is 1. The first kappa shape index (κ1) is 16.4. The summed E-state index contributed by atoms with van der Waals surface area (Å²) in [5.41, 5.74) is 1.86. The molecule has 1 aliphatic rings. The smallest absolute Gasteiger partial charge is 0.227 e. The molecule has 1 saturated heterocycles. The maximum absolute atomic E-state index is 12.1. The van der Waals surface area contributed by atoms with Crippen LogP contribution in [0.15, 0.2) is 29.6 Å². The first-order chi connectivity index (χ1) is 11.2. The van der Waals surface area contributed by atoms with Crippen LogP contribution in [0.2, 0.25) is 5.02 Å². The van der Waals surface area contributed by atoms with E-state index in [4.69, 9.17) is 11.6 Å². The standard InChI is InChI=1S/C17H20ClN3OS/c18-14-6-4-13(5-7-14)15-12-23-17(19-15)20-16(22)8-11-21-9-2-1-3-10-21/h4-7,12H,1-3,8-11H2,(H,19,20,22). The van der Waals surface area contributed by atoms with E-state index in [9.17, 15) is 4.79 Å². The molecule has 6 heteroatoms. The van der Waals surface area contributed by atoms with Gasteiger partial charge in [0, 0.05) is 28.9 Å². The Hall–Kier alpha value is -1.43. The number of piperidine rings is 1. The molecule has 1 aliphatic heterocycles. The summed E-state index contributed by atoms with van der Waals surface area (Å²) in [7, 11) is 0. The first-order valence-corrected chi connectivity index (χ1v) is 9.20. The van der Waals surface area contributed by atoms with E-state index < -0.39 is 0 Å². The summed E-state index contributed by atoms with van der Waals surface area (Å²) in [5, 5.41) is 6.20. The van der Waals surface area contributed by atoms with E-state index >= 15 is 0 Å². The normalized spacial score (nSPS) is 15.5. The Kier molecular flexibility index (Phi) is 5.65. The van der Waals surface area contributed by atoms with Crippen molar-refractivity contribution in [3.63, 3.8) is 0 Å². The van der Waals surface area contributed by atoms with Gasteiger partial charge in [0.15, 0.2) is 5.13 Å². The fourth-order valence-electron chi connectivity index (χ4n) is 2.71. The Labute approximate surface area is 145 Å².